The highest BCUT2D eigenvalue weighted by molar-refractivity contribution is 5.76. The quantitative estimate of drug-likeness (QED) is 0.783. The molecule has 2 rings (SSSR count). The lowest BCUT2D eigenvalue weighted by Crippen LogP contribution is -2.49. The first-order valence-electron chi connectivity index (χ1n) is 5.38. The summed E-state index contributed by atoms with van der Waals surface area (Å²) in [4.78, 5) is 11.4. The average molecular weight is 239 g/mol. The van der Waals surface area contributed by atoms with Crippen LogP contribution in [-0.2, 0) is 14.3 Å². The fourth-order valence-electron chi connectivity index (χ4n) is 1.86. The fourth-order valence-corrected chi connectivity index (χ4v) is 1.86. The van der Waals surface area contributed by atoms with Crippen LogP contribution < -0.4 is 5.32 Å². The van der Waals surface area contributed by atoms with Crippen LogP contribution in [0.1, 0.15) is 11.6 Å². The number of rotatable bonds is 2. The summed E-state index contributed by atoms with van der Waals surface area (Å²) in [6.07, 6.45) is 0. The maximum Gasteiger partial charge on any atom is 0.325 e. The molecule has 5 heteroatoms. The number of hydrogen-bond acceptors (Lipinski definition) is 4. The van der Waals surface area contributed by atoms with Crippen molar-refractivity contribution in [3.63, 3.8) is 0 Å². The lowest BCUT2D eigenvalue weighted by atomic mass is 10.0. The standard InChI is InChI=1S/C12H14FNO3/c1-16-12(15)11-7-17-6-10(14-11)8-4-2-3-5-9(8)13/h2-5,10-11,14H,6-7H2,1H3. The Morgan fingerprint density at radius 2 is 2.24 bits per heavy atom. The zero-order valence-corrected chi connectivity index (χ0v) is 9.48. The van der Waals surface area contributed by atoms with Crippen LogP contribution in [0.4, 0.5) is 4.39 Å². The Morgan fingerprint density at radius 1 is 1.47 bits per heavy atom. The van der Waals surface area contributed by atoms with Crippen molar-refractivity contribution in [1.82, 2.24) is 5.32 Å². The van der Waals surface area contributed by atoms with Gasteiger partial charge in [0.15, 0.2) is 0 Å². The summed E-state index contributed by atoms with van der Waals surface area (Å²) >= 11 is 0. The van der Waals surface area contributed by atoms with Crippen molar-refractivity contribution in [3.05, 3.63) is 35.6 Å². The zero-order valence-electron chi connectivity index (χ0n) is 9.48. The molecule has 0 spiro atoms. The van der Waals surface area contributed by atoms with Gasteiger partial charge in [-0.3, -0.25) is 10.1 Å². The van der Waals surface area contributed by atoms with Crippen LogP contribution >= 0.6 is 0 Å². The molecule has 2 atom stereocenters. The third-order valence-electron chi connectivity index (χ3n) is 2.74. The van der Waals surface area contributed by atoms with Gasteiger partial charge in [0.05, 0.1) is 26.4 Å². The van der Waals surface area contributed by atoms with Gasteiger partial charge in [0, 0.05) is 5.56 Å². The summed E-state index contributed by atoms with van der Waals surface area (Å²) in [5.74, 6) is -0.704. The predicted molar refractivity (Wildman–Crippen MR) is 58.9 cm³/mol. The minimum Gasteiger partial charge on any atom is -0.468 e. The fraction of sp³-hybridized carbons (Fsp3) is 0.417. The third kappa shape index (κ3) is 2.62. The van der Waals surface area contributed by atoms with E-state index >= 15 is 0 Å². The Kier molecular flexibility index (Phi) is 3.71. The molecule has 1 aromatic carbocycles. The van der Waals surface area contributed by atoms with Crippen LogP contribution in [-0.4, -0.2) is 32.3 Å². The number of nitrogens with one attached hydrogen (secondary N) is 1. The Labute approximate surface area is 98.7 Å². The number of carbonyl (C=O) groups excluding carboxylic acids is 1. The largest absolute Gasteiger partial charge is 0.468 e. The van der Waals surface area contributed by atoms with E-state index in [1.807, 2.05) is 0 Å². The second-order valence-corrected chi connectivity index (χ2v) is 3.85. The van der Waals surface area contributed by atoms with Gasteiger partial charge in [-0.15, -0.1) is 0 Å². The van der Waals surface area contributed by atoms with E-state index in [4.69, 9.17) is 4.74 Å². The van der Waals surface area contributed by atoms with E-state index in [0.29, 0.717) is 12.2 Å². The van der Waals surface area contributed by atoms with Crippen molar-refractivity contribution in [2.45, 2.75) is 12.1 Å². The van der Waals surface area contributed by atoms with Crippen LogP contribution in [0.3, 0.4) is 0 Å². The molecular weight excluding hydrogens is 225 g/mol. The van der Waals surface area contributed by atoms with Gasteiger partial charge in [0.2, 0.25) is 0 Å². The van der Waals surface area contributed by atoms with Gasteiger partial charge in [0.25, 0.3) is 0 Å². The highest BCUT2D eigenvalue weighted by Crippen LogP contribution is 2.20. The average Bonchev–Trinajstić information content (AvgIpc) is 2.38. The summed E-state index contributed by atoms with van der Waals surface area (Å²) in [6.45, 7) is 0.589. The molecule has 1 aromatic rings. The first-order valence-corrected chi connectivity index (χ1v) is 5.38. The number of esters is 1. The molecule has 0 saturated carbocycles. The highest BCUT2D eigenvalue weighted by atomic mass is 19.1. The van der Waals surface area contributed by atoms with E-state index in [9.17, 15) is 9.18 Å². The molecule has 0 aliphatic carbocycles. The van der Waals surface area contributed by atoms with Gasteiger partial charge in [-0.2, -0.15) is 0 Å². The molecule has 1 saturated heterocycles. The molecular formula is C12H14FNO3. The second-order valence-electron chi connectivity index (χ2n) is 3.85. The van der Waals surface area contributed by atoms with Gasteiger partial charge in [-0.05, 0) is 6.07 Å². The Morgan fingerprint density at radius 3 is 2.94 bits per heavy atom. The molecule has 0 radical (unpaired) electrons. The molecule has 0 bridgehead atoms. The molecule has 1 fully saturated rings. The van der Waals surface area contributed by atoms with Crippen molar-refractivity contribution >= 4 is 5.97 Å². The number of halogens is 1. The number of ether oxygens (including phenoxy) is 2. The van der Waals surface area contributed by atoms with Gasteiger partial charge < -0.3 is 9.47 Å². The molecule has 1 aliphatic rings. The summed E-state index contributed by atoms with van der Waals surface area (Å²) in [5.41, 5.74) is 0.501. The zero-order chi connectivity index (χ0) is 12.3. The molecule has 92 valence electrons. The number of carbonyl (C=O) groups is 1. The highest BCUT2D eigenvalue weighted by Gasteiger charge is 2.29. The third-order valence-corrected chi connectivity index (χ3v) is 2.74. The first-order chi connectivity index (χ1) is 8.22. The van der Waals surface area contributed by atoms with Crippen molar-refractivity contribution in [2.75, 3.05) is 20.3 Å². The second kappa shape index (κ2) is 5.25. The van der Waals surface area contributed by atoms with E-state index in [1.165, 1.54) is 13.2 Å². The van der Waals surface area contributed by atoms with Crippen LogP contribution in [0.15, 0.2) is 24.3 Å². The van der Waals surface area contributed by atoms with Gasteiger partial charge in [-0.1, -0.05) is 18.2 Å². The van der Waals surface area contributed by atoms with E-state index in [-0.39, 0.29) is 18.5 Å². The molecule has 1 aliphatic heterocycles. The molecule has 4 nitrogen and oxygen atoms in total. The van der Waals surface area contributed by atoms with Crippen molar-refractivity contribution < 1.29 is 18.7 Å². The Bertz CT molecular complexity index is 410. The van der Waals surface area contributed by atoms with Gasteiger partial charge in [-0.25, -0.2) is 4.39 Å². The summed E-state index contributed by atoms with van der Waals surface area (Å²) < 4.78 is 23.5. The normalized spacial score (nSPS) is 24.4. The number of methoxy groups -OCH3 is 1. The first kappa shape index (κ1) is 12.0. The predicted octanol–water partition coefficient (Wildman–Crippen LogP) is 1.03. The van der Waals surface area contributed by atoms with Gasteiger partial charge >= 0.3 is 5.97 Å². The molecule has 0 amide bonds. The van der Waals surface area contributed by atoms with Crippen LogP contribution in [0.25, 0.3) is 0 Å². The number of benzene rings is 1. The monoisotopic (exact) mass is 239 g/mol. The number of morpholine rings is 1. The van der Waals surface area contributed by atoms with Crippen LogP contribution in [0.2, 0.25) is 0 Å². The molecule has 17 heavy (non-hydrogen) atoms. The van der Waals surface area contributed by atoms with Crippen LogP contribution in [0.5, 0.6) is 0 Å². The van der Waals surface area contributed by atoms with E-state index in [2.05, 4.69) is 10.1 Å². The molecule has 0 aromatic heterocycles. The van der Waals surface area contributed by atoms with Crippen LogP contribution in [0, 0.1) is 5.82 Å². The lowest BCUT2D eigenvalue weighted by Gasteiger charge is -2.29. The molecule has 2 unspecified atom stereocenters. The minimum absolute atomic E-state index is 0.248. The summed E-state index contributed by atoms with van der Waals surface area (Å²) in [7, 11) is 1.32. The topological polar surface area (TPSA) is 47.6 Å². The Balaban J connectivity index is 2.12. The van der Waals surface area contributed by atoms with E-state index in [1.54, 1.807) is 18.2 Å². The van der Waals surface area contributed by atoms with Crippen molar-refractivity contribution in [3.8, 4) is 0 Å². The number of hydrogen-bond donors (Lipinski definition) is 1. The van der Waals surface area contributed by atoms with E-state index < -0.39 is 12.0 Å². The summed E-state index contributed by atoms with van der Waals surface area (Å²) in [5, 5.41) is 3.02. The van der Waals surface area contributed by atoms with Gasteiger partial charge in [0.1, 0.15) is 11.9 Å². The van der Waals surface area contributed by atoms with Crippen molar-refractivity contribution in [1.29, 1.82) is 0 Å². The lowest BCUT2D eigenvalue weighted by molar-refractivity contribution is -0.147. The SMILES string of the molecule is COC(=O)C1COCC(c2ccccc2F)N1. The smallest absolute Gasteiger partial charge is 0.325 e. The molecule has 1 N–H and O–H groups in total. The van der Waals surface area contributed by atoms with E-state index in [0.717, 1.165) is 0 Å². The maximum absolute atomic E-state index is 13.6. The molecule has 1 heterocycles. The minimum atomic E-state index is -0.543. The van der Waals surface area contributed by atoms with Crippen molar-refractivity contribution in [2.24, 2.45) is 0 Å². The maximum atomic E-state index is 13.6. The Hall–Kier alpha value is -1.46. The summed E-state index contributed by atoms with van der Waals surface area (Å²) in [6, 6.07) is 5.57.